The molecule has 3 rings (SSSR count). The molecule has 3 nitrogen and oxygen atoms in total. The predicted molar refractivity (Wildman–Crippen MR) is 81.0 cm³/mol. The third kappa shape index (κ3) is 2.67. The van der Waals surface area contributed by atoms with Crippen LogP contribution in [-0.4, -0.2) is 19.0 Å². The van der Waals surface area contributed by atoms with E-state index < -0.39 is 5.82 Å². The van der Waals surface area contributed by atoms with Crippen LogP contribution in [0.3, 0.4) is 0 Å². The first-order valence-electron chi connectivity index (χ1n) is 7.03. The van der Waals surface area contributed by atoms with Crippen LogP contribution in [0.15, 0.2) is 42.5 Å². The molecule has 0 fully saturated rings. The van der Waals surface area contributed by atoms with E-state index in [0.717, 1.165) is 23.4 Å². The number of nitrogens with one attached hydrogen (secondary N) is 1. The van der Waals surface area contributed by atoms with E-state index >= 15 is 0 Å². The number of carbonyl (C=O) groups is 1. The van der Waals surface area contributed by atoms with Crippen LogP contribution in [0.5, 0.6) is 0 Å². The summed E-state index contributed by atoms with van der Waals surface area (Å²) in [5.74, 6) is -0.752. The predicted octanol–water partition coefficient (Wildman–Crippen LogP) is 2.88. The van der Waals surface area contributed by atoms with E-state index in [1.54, 1.807) is 17.0 Å². The minimum Gasteiger partial charge on any atom is -0.311 e. The van der Waals surface area contributed by atoms with Crippen LogP contribution < -0.4 is 10.2 Å². The van der Waals surface area contributed by atoms with E-state index in [2.05, 4.69) is 5.32 Å². The fraction of sp³-hybridized carbons (Fsp3) is 0.235. The van der Waals surface area contributed by atoms with Gasteiger partial charge in [-0.3, -0.25) is 4.79 Å². The van der Waals surface area contributed by atoms with Crippen molar-refractivity contribution in [3.8, 4) is 0 Å². The molecule has 1 aliphatic rings. The molecule has 108 valence electrons. The van der Waals surface area contributed by atoms with E-state index in [4.69, 9.17) is 0 Å². The number of amides is 1. The average Bonchev–Trinajstić information content (AvgIpc) is 2.69. The van der Waals surface area contributed by atoms with Crippen molar-refractivity contribution in [2.45, 2.75) is 13.5 Å². The number of halogens is 1. The fourth-order valence-corrected chi connectivity index (χ4v) is 2.61. The molecule has 0 bridgehead atoms. The lowest BCUT2D eigenvalue weighted by Crippen LogP contribution is -2.35. The largest absolute Gasteiger partial charge is 0.311 e. The highest BCUT2D eigenvalue weighted by Gasteiger charge is 2.23. The van der Waals surface area contributed by atoms with Crippen LogP contribution in [0.25, 0.3) is 0 Å². The number of para-hydroxylation sites is 1. The Hall–Kier alpha value is -2.20. The Balaban J connectivity index is 2.01. The zero-order chi connectivity index (χ0) is 14.8. The molecule has 1 amide bonds. The van der Waals surface area contributed by atoms with Crippen LogP contribution in [0, 0.1) is 12.7 Å². The third-order valence-corrected chi connectivity index (χ3v) is 3.71. The minimum absolute atomic E-state index is 0.123. The molecule has 2 aromatic carbocycles. The molecule has 0 saturated heterocycles. The van der Waals surface area contributed by atoms with Gasteiger partial charge in [-0.1, -0.05) is 24.3 Å². The molecule has 0 radical (unpaired) electrons. The molecule has 0 aromatic heterocycles. The van der Waals surface area contributed by atoms with Gasteiger partial charge >= 0.3 is 0 Å². The third-order valence-electron chi connectivity index (χ3n) is 3.71. The summed E-state index contributed by atoms with van der Waals surface area (Å²) in [4.78, 5) is 14.4. The quantitative estimate of drug-likeness (QED) is 0.873. The van der Waals surface area contributed by atoms with Gasteiger partial charge in [-0.15, -0.1) is 0 Å². The van der Waals surface area contributed by atoms with Crippen LogP contribution >= 0.6 is 0 Å². The highest BCUT2D eigenvalue weighted by molar-refractivity contribution is 6.06. The van der Waals surface area contributed by atoms with Crippen molar-refractivity contribution in [1.29, 1.82) is 0 Å². The number of nitrogens with zero attached hydrogens (tertiary/aromatic N) is 1. The molecule has 1 aliphatic heterocycles. The molecule has 0 unspecified atom stereocenters. The smallest absolute Gasteiger partial charge is 0.261 e. The molecule has 21 heavy (non-hydrogen) atoms. The number of hydrogen-bond donors (Lipinski definition) is 1. The number of fused-ring (bicyclic) bond motifs is 1. The lowest BCUT2D eigenvalue weighted by molar-refractivity contribution is 0.0983. The Kier molecular flexibility index (Phi) is 3.71. The van der Waals surface area contributed by atoms with E-state index in [-0.39, 0.29) is 11.5 Å². The Morgan fingerprint density at radius 1 is 1.24 bits per heavy atom. The first-order chi connectivity index (χ1) is 10.2. The van der Waals surface area contributed by atoms with Gasteiger partial charge < -0.3 is 10.2 Å². The number of benzene rings is 2. The maximum atomic E-state index is 14.1. The summed E-state index contributed by atoms with van der Waals surface area (Å²) in [6.07, 6.45) is 0. The molecule has 0 atom stereocenters. The highest BCUT2D eigenvalue weighted by atomic mass is 19.1. The molecular formula is C17H17FN2O. The Labute approximate surface area is 123 Å². The topological polar surface area (TPSA) is 32.3 Å². The van der Waals surface area contributed by atoms with Crippen molar-refractivity contribution < 1.29 is 9.18 Å². The van der Waals surface area contributed by atoms with E-state index in [1.807, 2.05) is 31.2 Å². The molecule has 1 heterocycles. The van der Waals surface area contributed by atoms with Crippen LogP contribution in [0.1, 0.15) is 21.5 Å². The summed E-state index contributed by atoms with van der Waals surface area (Å²) in [6.45, 7) is 3.75. The van der Waals surface area contributed by atoms with Crippen molar-refractivity contribution in [3.05, 3.63) is 65.0 Å². The summed E-state index contributed by atoms with van der Waals surface area (Å²) in [5, 5.41) is 3.28. The van der Waals surface area contributed by atoms with Gasteiger partial charge in [0, 0.05) is 25.3 Å². The van der Waals surface area contributed by atoms with Gasteiger partial charge in [0.15, 0.2) is 0 Å². The van der Waals surface area contributed by atoms with E-state index in [9.17, 15) is 9.18 Å². The number of rotatable bonds is 1. The SMILES string of the molecule is Cc1ccc(C(=O)N2CCNCc3ccccc32)c(F)c1. The molecule has 0 aliphatic carbocycles. The molecule has 0 spiro atoms. The van der Waals surface area contributed by atoms with Crippen molar-refractivity contribution in [1.82, 2.24) is 5.32 Å². The van der Waals surface area contributed by atoms with Crippen molar-refractivity contribution >= 4 is 11.6 Å². The maximum Gasteiger partial charge on any atom is 0.261 e. The lowest BCUT2D eigenvalue weighted by atomic mass is 10.1. The van der Waals surface area contributed by atoms with Crippen LogP contribution in [0.4, 0.5) is 10.1 Å². The van der Waals surface area contributed by atoms with Gasteiger partial charge in [0.1, 0.15) is 5.82 Å². The van der Waals surface area contributed by atoms with Crippen molar-refractivity contribution in [2.75, 3.05) is 18.0 Å². The van der Waals surface area contributed by atoms with Crippen molar-refractivity contribution in [2.24, 2.45) is 0 Å². The summed E-state index contributed by atoms with van der Waals surface area (Å²) in [6, 6.07) is 12.5. The monoisotopic (exact) mass is 284 g/mol. The van der Waals surface area contributed by atoms with Crippen LogP contribution in [-0.2, 0) is 6.54 Å². The van der Waals surface area contributed by atoms with Gasteiger partial charge in [-0.25, -0.2) is 4.39 Å². The number of hydrogen-bond acceptors (Lipinski definition) is 2. The second-order valence-corrected chi connectivity index (χ2v) is 5.25. The number of carbonyl (C=O) groups excluding carboxylic acids is 1. The highest BCUT2D eigenvalue weighted by Crippen LogP contribution is 2.24. The van der Waals surface area contributed by atoms with Gasteiger partial charge in [0.2, 0.25) is 0 Å². The lowest BCUT2D eigenvalue weighted by Gasteiger charge is -2.23. The Morgan fingerprint density at radius 3 is 2.86 bits per heavy atom. The Morgan fingerprint density at radius 2 is 2.05 bits per heavy atom. The summed E-state index contributed by atoms with van der Waals surface area (Å²) >= 11 is 0. The van der Waals surface area contributed by atoms with Gasteiger partial charge in [0.25, 0.3) is 5.91 Å². The summed E-state index contributed by atoms with van der Waals surface area (Å²) in [5.41, 5.74) is 2.84. The minimum atomic E-state index is -0.463. The first-order valence-corrected chi connectivity index (χ1v) is 7.03. The molecule has 1 N–H and O–H groups in total. The number of anilines is 1. The van der Waals surface area contributed by atoms with Gasteiger partial charge in [-0.2, -0.15) is 0 Å². The van der Waals surface area contributed by atoms with Gasteiger partial charge in [0.05, 0.1) is 5.56 Å². The van der Waals surface area contributed by atoms with Crippen LogP contribution in [0.2, 0.25) is 0 Å². The van der Waals surface area contributed by atoms with E-state index in [1.165, 1.54) is 6.07 Å². The Bertz CT molecular complexity index is 684. The first kappa shape index (κ1) is 13.8. The average molecular weight is 284 g/mol. The molecule has 4 heteroatoms. The molecular weight excluding hydrogens is 267 g/mol. The summed E-state index contributed by atoms with van der Waals surface area (Å²) < 4.78 is 14.1. The second-order valence-electron chi connectivity index (χ2n) is 5.25. The normalized spacial score (nSPS) is 14.5. The number of aryl methyl sites for hydroxylation is 1. The standard InChI is InChI=1S/C17H17FN2O/c1-12-6-7-14(15(18)10-12)17(21)20-9-8-19-11-13-4-2-3-5-16(13)20/h2-7,10,19H,8-9,11H2,1H3. The second kappa shape index (κ2) is 5.66. The fourth-order valence-electron chi connectivity index (χ4n) is 2.61. The molecule has 2 aromatic rings. The summed E-state index contributed by atoms with van der Waals surface area (Å²) in [7, 11) is 0. The molecule has 0 saturated carbocycles. The zero-order valence-electron chi connectivity index (χ0n) is 11.9. The maximum absolute atomic E-state index is 14.1. The van der Waals surface area contributed by atoms with Crippen molar-refractivity contribution in [3.63, 3.8) is 0 Å². The zero-order valence-corrected chi connectivity index (χ0v) is 11.9. The van der Waals surface area contributed by atoms with Gasteiger partial charge in [-0.05, 0) is 36.2 Å². The van der Waals surface area contributed by atoms with E-state index in [0.29, 0.717) is 13.1 Å².